The molecule has 0 aliphatic carbocycles. The highest BCUT2D eigenvalue weighted by molar-refractivity contribution is 7.13. The number of hydrogen-bond donors (Lipinski definition) is 1. The number of likely N-dealkylation sites (tertiary alicyclic amines) is 1. The lowest BCUT2D eigenvalue weighted by atomic mass is 9.96. The van der Waals surface area contributed by atoms with Crippen molar-refractivity contribution < 1.29 is 4.79 Å². The summed E-state index contributed by atoms with van der Waals surface area (Å²) in [7, 11) is 0. The Bertz CT molecular complexity index is 788. The van der Waals surface area contributed by atoms with Crippen LogP contribution < -0.4 is 5.32 Å². The first-order valence-corrected chi connectivity index (χ1v) is 11.0. The summed E-state index contributed by atoms with van der Waals surface area (Å²) in [5, 5.41) is 4.84. The minimum absolute atomic E-state index is 0.192. The van der Waals surface area contributed by atoms with E-state index < -0.39 is 0 Å². The first kappa shape index (κ1) is 18.6. The molecule has 4 nitrogen and oxygen atoms in total. The first-order valence-electron chi connectivity index (χ1n) is 10.2. The van der Waals surface area contributed by atoms with E-state index in [1.54, 1.807) is 11.3 Å². The SMILES string of the molecule is Cc1nc(C)c(C(=O)N2CCCCC[C@H]3N[C@H](Cc4ccccc4)C[C@@H]32)s1. The molecule has 144 valence electrons. The van der Waals surface area contributed by atoms with Gasteiger partial charge in [0, 0.05) is 24.7 Å². The van der Waals surface area contributed by atoms with Gasteiger partial charge in [0.15, 0.2) is 0 Å². The van der Waals surface area contributed by atoms with Gasteiger partial charge in [-0.25, -0.2) is 4.98 Å². The van der Waals surface area contributed by atoms with Gasteiger partial charge in [0.25, 0.3) is 5.91 Å². The van der Waals surface area contributed by atoms with Crippen molar-refractivity contribution in [1.82, 2.24) is 15.2 Å². The number of thiazole rings is 1. The maximum atomic E-state index is 13.4. The van der Waals surface area contributed by atoms with Crippen LogP contribution >= 0.6 is 11.3 Å². The Morgan fingerprint density at radius 2 is 2.04 bits per heavy atom. The molecule has 2 aliphatic heterocycles. The van der Waals surface area contributed by atoms with E-state index in [-0.39, 0.29) is 5.91 Å². The summed E-state index contributed by atoms with van der Waals surface area (Å²) in [6, 6.07) is 11.9. The highest BCUT2D eigenvalue weighted by Crippen LogP contribution is 2.30. The van der Waals surface area contributed by atoms with Crippen LogP contribution in [0.5, 0.6) is 0 Å². The molecule has 1 amide bonds. The molecule has 2 fully saturated rings. The highest BCUT2D eigenvalue weighted by atomic mass is 32.1. The van der Waals surface area contributed by atoms with Crippen LogP contribution in [0.2, 0.25) is 0 Å². The van der Waals surface area contributed by atoms with E-state index in [1.165, 1.54) is 24.8 Å². The molecule has 2 aromatic rings. The first-order chi connectivity index (χ1) is 13.1. The molecule has 2 aliphatic rings. The maximum Gasteiger partial charge on any atom is 0.266 e. The third-order valence-electron chi connectivity index (χ3n) is 5.94. The van der Waals surface area contributed by atoms with Crippen LogP contribution in [0.1, 0.15) is 58.0 Å². The third-order valence-corrected chi connectivity index (χ3v) is 7.00. The van der Waals surface area contributed by atoms with Gasteiger partial charge >= 0.3 is 0 Å². The van der Waals surface area contributed by atoms with Crippen molar-refractivity contribution in [2.75, 3.05) is 6.54 Å². The molecule has 2 saturated heterocycles. The molecule has 0 saturated carbocycles. The summed E-state index contributed by atoms with van der Waals surface area (Å²) in [4.78, 5) is 20.9. The average molecular weight is 384 g/mol. The van der Waals surface area contributed by atoms with Gasteiger partial charge in [-0.2, -0.15) is 0 Å². The highest BCUT2D eigenvalue weighted by Gasteiger charge is 2.40. The van der Waals surface area contributed by atoms with Crippen LogP contribution in [-0.2, 0) is 6.42 Å². The van der Waals surface area contributed by atoms with Gasteiger partial charge in [0.1, 0.15) is 4.88 Å². The number of nitrogens with zero attached hydrogens (tertiary/aromatic N) is 2. The fourth-order valence-corrected chi connectivity index (χ4v) is 5.58. The van der Waals surface area contributed by atoms with Crippen LogP contribution in [0.25, 0.3) is 0 Å². The molecule has 0 bridgehead atoms. The Hall–Kier alpha value is -1.72. The van der Waals surface area contributed by atoms with Crippen LogP contribution in [-0.4, -0.2) is 40.5 Å². The Kier molecular flexibility index (Phi) is 5.60. The van der Waals surface area contributed by atoms with Crippen molar-refractivity contribution in [3.8, 4) is 0 Å². The summed E-state index contributed by atoms with van der Waals surface area (Å²) in [6.07, 6.45) is 6.82. The molecular formula is C22H29N3OS. The van der Waals surface area contributed by atoms with Gasteiger partial charge < -0.3 is 10.2 Å². The molecule has 1 aromatic carbocycles. The molecule has 1 aromatic heterocycles. The standard InChI is InChI=1S/C22H29N3OS/c1-15-21(27-16(2)23-15)22(26)25-12-8-4-7-11-19-20(25)14-18(24-19)13-17-9-5-3-6-10-17/h3,5-6,9-10,18-20,24H,4,7-8,11-14H2,1-2H3/t18-,19-,20+/m1/s1. The third kappa shape index (κ3) is 4.09. The Labute approximate surface area is 166 Å². The van der Waals surface area contributed by atoms with Gasteiger partial charge in [0.05, 0.1) is 10.7 Å². The molecule has 3 heterocycles. The number of rotatable bonds is 3. The lowest BCUT2D eigenvalue weighted by molar-refractivity contribution is 0.0643. The number of fused-ring (bicyclic) bond motifs is 1. The summed E-state index contributed by atoms with van der Waals surface area (Å²) in [5.41, 5.74) is 2.25. The molecular weight excluding hydrogens is 354 g/mol. The number of amides is 1. The normalized spacial score (nSPS) is 25.7. The lowest BCUT2D eigenvalue weighted by Gasteiger charge is -2.34. The predicted octanol–water partition coefficient (Wildman–Crippen LogP) is 4.12. The predicted molar refractivity (Wildman–Crippen MR) is 110 cm³/mol. The van der Waals surface area contributed by atoms with Crippen molar-refractivity contribution in [1.29, 1.82) is 0 Å². The molecule has 5 heteroatoms. The van der Waals surface area contributed by atoms with E-state index in [0.717, 1.165) is 41.4 Å². The summed E-state index contributed by atoms with van der Waals surface area (Å²) < 4.78 is 0. The summed E-state index contributed by atoms with van der Waals surface area (Å²) in [6.45, 7) is 4.82. The maximum absolute atomic E-state index is 13.4. The minimum Gasteiger partial charge on any atom is -0.333 e. The zero-order valence-electron chi connectivity index (χ0n) is 16.3. The lowest BCUT2D eigenvalue weighted by Crippen LogP contribution is -2.48. The zero-order chi connectivity index (χ0) is 18.8. The monoisotopic (exact) mass is 383 g/mol. The van der Waals surface area contributed by atoms with E-state index >= 15 is 0 Å². The average Bonchev–Trinajstić information content (AvgIpc) is 3.18. The quantitative estimate of drug-likeness (QED) is 0.867. The number of benzene rings is 1. The summed E-state index contributed by atoms with van der Waals surface area (Å²) >= 11 is 1.54. The fraction of sp³-hybridized carbons (Fsp3) is 0.545. The van der Waals surface area contributed by atoms with Crippen LogP contribution in [0, 0.1) is 13.8 Å². The number of aromatic nitrogens is 1. The second kappa shape index (κ2) is 8.11. The van der Waals surface area contributed by atoms with E-state index in [4.69, 9.17) is 0 Å². The van der Waals surface area contributed by atoms with Crippen LogP contribution in [0.3, 0.4) is 0 Å². The number of hydrogen-bond acceptors (Lipinski definition) is 4. The second-order valence-electron chi connectivity index (χ2n) is 7.96. The van der Waals surface area contributed by atoms with E-state index in [0.29, 0.717) is 18.1 Å². The second-order valence-corrected chi connectivity index (χ2v) is 9.16. The minimum atomic E-state index is 0.192. The molecule has 0 radical (unpaired) electrons. The number of nitrogens with one attached hydrogen (secondary N) is 1. The van der Waals surface area contributed by atoms with Gasteiger partial charge in [-0.3, -0.25) is 4.79 Å². The zero-order valence-corrected chi connectivity index (χ0v) is 17.1. The Morgan fingerprint density at radius 3 is 2.78 bits per heavy atom. The Balaban J connectivity index is 1.54. The van der Waals surface area contributed by atoms with E-state index in [1.807, 2.05) is 13.8 Å². The van der Waals surface area contributed by atoms with E-state index in [2.05, 4.69) is 45.5 Å². The van der Waals surface area contributed by atoms with Crippen molar-refractivity contribution >= 4 is 17.2 Å². The van der Waals surface area contributed by atoms with Gasteiger partial charge in [-0.05, 0) is 45.1 Å². The van der Waals surface area contributed by atoms with E-state index in [9.17, 15) is 4.79 Å². The van der Waals surface area contributed by atoms with Gasteiger partial charge in [-0.15, -0.1) is 11.3 Å². The number of carbonyl (C=O) groups excluding carboxylic acids is 1. The van der Waals surface area contributed by atoms with Crippen molar-refractivity contribution in [3.63, 3.8) is 0 Å². The van der Waals surface area contributed by atoms with Crippen molar-refractivity contribution in [3.05, 3.63) is 51.5 Å². The largest absolute Gasteiger partial charge is 0.333 e. The van der Waals surface area contributed by atoms with Crippen LogP contribution in [0.15, 0.2) is 30.3 Å². The molecule has 4 rings (SSSR count). The number of carbonyl (C=O) groups is 1. The Morgan fingerprint density at radius 1 is 1.22 bits per heavy atom. The van der Waals surface area contributed by atoms with Crippen molar-refractivity contribution in [2.45, 2.75) is 70.5 Å². The molecule has 27 heavy (non-hydrogen) atoms. The molecule has 1 N–H and O–H groups in total. The molecule has 3 atom stereocenters. The smallest absolute Gasteiger partial charge is 0.266 e. The van der Waals surface area contributed by atoms with Gasteiger partial charge in [0.2, 0.25) is 0 Å². The summed E-state index contributed by atoms with van der Waals surface area (Å²) in [5.74, 6) is 0.192. The van der Waals surface area contributed by atoms with Crippen LogP contribution in [0.4, 0.5) is 0 Å². The van der Waals surface area contributed by atoms with Gasteiger partial charge in [-0.1, -0.05) is 43.2 Å². The number of aryl methyl sites for hydroxylation is 2. The molecule has 0 spiro atoms. The fourth-order valence-electron chi connectivity index (χ4n) is 4.70. The topological polar surface area (TPSA) is 45.2 Å². The molecule has 0 unspecified atom stereocenters. The van der Waals surface area contributed by atoms with Crippen molar-refractivity contribution in [2.24, 2.45) is 0 Å².